The molecule has 0 aliphatic rings. The van der Waals surface area contributed by atoms with Crippen LogP contribution in [-0.2, 0) is 0 Å². The van der Waals surface area contributed by atoms with E-state index < -0.39 is 0 Å². The lowest BCUT2D eigenvalue weighted by atomic mass is 10.1. The molecule has 0 aliphatic heterocycles. The van der Waals surface area contributed by atoms with Gasteiger partial charge in [-0.1, -0.05) is 0 Å². The van der Waals surface area contributed by atoms with E-state index in [1.54, 1.807) is 17.5 Å². The monoisotopic (exact) mass is 252 g/mol. The van der Waals surface area contributed by atoms with E-state index in [2.05, 4.69) is 15.4 Å². The fraction of sp³-hybridized carbons (Fsp3) is 0.273. The summed E-state index contributed by atoms with van der Waals surface area (Å²) >= 11 is 1.54. The molecule has 0 fully saturated rings. The zero-order chi connectivity index (χ0) is 12.4. The average Bonchev–Trinajstić information content (AvgIpc) is 2.59. The minimum atomic E-state index is -0.373. The van der Waals surface area contributed by atoms with Gasteiger partial charge in [0.2, 0.25) is 0 Å². The summed E-state index contributed by atoms with van der Waals surface area (Å²) in [6.07, 6.45) is 2.77. The van der Waals surface area contributed by atoms with Gasteiger partial charge in [0.25, 0.3) is 0 Å². The second kappa shape index (κ2) is 4.87. The summed E-state index contributed by atoms with van der Waals surface area (Å²) in [7, 11) is 0. The molecule has 1 atom stereocenters. The first-order valence-electron chi connectivity index (χ1n) is 5.12. The number of thiazole rings is 1. The van der Waals surface area contributed by atoms with Crippen molar-refractivity contribution in [2.24, 2.45) is 5.84 Å². The lowest BCUT2D eigenvalue weighted by Crippen LogP contribution is -2.28. The molecular formula is C11H13FN4S. The predicted molar refractivity (Wildman–Crippen MR) is 64.9 cm³/mol. The van der Waals surface area contributed by atoms with Crippen molar-refractivity contribution in [3.8, 4) is 0 Å². The van der Waals surface area contributed by atoms with Crippen LogP contribution in [0.2, 0.25) is 0 Å². The van der Waals surface area contributed by atoms with Crippen molar-refractivity contribution in [3.05, 3.63) is 45.4 Å². The standard InChI is InChI=1S/C11H13FN4S/c1-6-11(17-7(2)15-6)10(16-13)8-3-9(12)5-14-4-8/h3-5,10,16H,13H2,1-2H3. The maximum absolute atomic E-state index is 13.1. The highest BCUT2D eigenvalue weighted by Crippen LogP contribution is 2.29. The highest BCUT2D eigenvalue weighted by molar-refractivity contribution is 7.11. The highest BCUT2D eigenvalue weighted by atomic mass is 32.1. The molecule has 0 radical (unpaired) electrons. The van der Waals surface area contributed by atoms with Gasteiger partial charge in [0.05, 0.1) is 27.8 Å². The van der Waals surface area contributed by atoms with Gasteiger partial charge in [0, 0.05) is 6.20 Å². The quantitative estimate of drug-likeness (QED) is 0.646. The minimum absolute atomic E-state index is 0.274. The number of hydrogen-bond acceptors (Lipinski definition) is 5. The van der Waals surface area contributed by atoms with E-state index in [4.69, 9.17) is 5.84 Å². The molecule has 2 heterocycles. The van der Waals surface area contributed by atoms with E-state index in [9.17, 15) is 4.39 Å². The first kappa shape index (κ1) is 12.1. The topological polar surface area (TPSA) is 63.8 Å². The average molecular weight is 252 g/mol. The third-order valence-electron chi connectivity index (χ3n) is 2.43. The van der Waals surface area contributed by atoms with Crippen LogP contribution < -0.4 is 11.3 Å². The first-order chi connectivity index (χ1) is 8.11. The van der Waals surface area contributed by atoms with Crippen molar-refractivity contribution in [2.45, 2.75) is 19.9 Å². The summed E-state index contributed by atoms with van der Waals surface area (Å²) < 4.78 is 13.1. The third kappa shape index (κ3) is 2.49. The van der Waals surface area contributed by atoms with Crippen LogP contribution in [0.15, 0.2) is 18.5 Å². The minimum Gasteiger partial charge on any atom is -0.271 e. The molecule has 0 bridgehead atoms. The Morgan fingerprint density at radius 1 is 1.41 bits per heavy atom. The zero-order valence-corrected chi connectivity index (χ0v) is 10.4. The molecule has 0 saturated carbocycles. The Morgan fingerprint density at radius 3 is 2.71 bits per heavy atom. The largest absolute Gasteiger partial charge is 0.271 e. The normalized spacial score (nSPS) is 12.7. The smallest absolute Gasteiger partial charge is 0.141 e. The summed E-state index contributed by atoms with van der Waals surface area (Å²) in [6.45, 7) is 3.84. The summed E-state index contributed by atoms with van der Waals surface area (Å²) in [5.74, 6) is 5.17. The number of hydrazine groups is 1. The van der Waals surface area contributed by atoms with Gasteiger partial charge in [-0.3, -0.25) is 10.8 Å². The predicted octanol–water partition coefficient (Wildman–Crippen LogP) is 1.85. The van der Waals surface area contributed by atoms with Crippen LogP contribution in [0.4, 0.5) is 4.39 Å². The molecule has 2 rings (SSSR count). The van der Waals surface area contributed by atoms with Gasteiger partial charge in [-0.05, 0) is 25.5 Å². The zero-order valence-electron chi connectivity index (χ0n) is 9.57. The van der Waals surface area contributed by atoms with Gasteiger partial charge in [0.15, 0.2) is 0 Å². The van der Waals surface area contributed by atoms with Crippen LogP contribution in [0.1, 0.15) is 27.2 Å². The molecule has 0 aromatic carbocycles. The van der Waals surface area contributed by atoms with Crippen molar-refractivity contribution >= 4 is 11.3 Å². The Kier molecular flexibility index (Phi) is 3.46. The van der Waals surface area contributed by atoms with Crippen LogP contribution in [0.25, 0.3) is 0 Å². The van der Waals surface area contributed by atoms with E-state index in [1.807, 2.05) is 13.8 Å². The summed E-state index contributed by atoms with van der Waals surface area (Å²) in [5, 5.41) is 0.960. The number of rotatable bonds is 3. The number of nitrogens with zero attached hydrogens (tertiary/aromatic N) is 2. The lowest BCUT2D eigenvalue weighted by Gasteiger charge is -2.14. The molecule has 4 nitrogen and oxygen atoms in total. The van der Waals surface area contributed by atoms with E-state index >= 15 is 0 Å². The number of hydrogen-bond donors (Lipinski definition) is 2. The van der Waals surface area contributed by atoms with Gasteiger partial charge in [0.1, 0.15) is 5.82 Å². The number of aryl methyl sites for hydroxylation is 2. The first-order valence-corrected chi connectivity index (χ1v) is 5.94. The summed E-state index contributed by atoms with van der Waals surface area (Å²) in [6, 6.07) is 1.15. The number of pyridine rings is 1. The fourth-order valence-corrected chi connectivity index (χ4v) is 2.74. The number of nitrogens with one attached hydrogen (secondary N) is 1. The third-order valence-corrected chi connectivity index (χ3v) is 3.57. The van der Waals surface area contributed by atoms with Crippen LogP contribution in [0.3, 0.4) is 0 Å². The molecule has 90 valence electrons. The number of halogens is 1. The second-order valence-corrected chi connectivity index (χ2v) is 4.95. The molecule has 0 amide bonds. The lowest BCUT2D eigenvalue weighted by molar-refractivity contribution is 0.599. The van der Waals surface area contributed by atoms with Crippen molar-refractivity contribution < 1.29 is 4.39 Å². The molecule has 6 heteroatoms. The Hall–Kier alpha value is -1.37. The Bertz CT molecular complexity index is 526. The molecule has 2 aromatic rings. The van der Waals surface area contributed by atoms with Crippen molar-refractivity contribution in [2.75, 3.05) is 0 Å². The second-order valence-electron chi connectivity index (χ2n) is 3.72. The van der Waals surface area contributed by atoms with Crippen molar-refractivity contribution in [1.29, 1.82) is 0 Å². The Labute approximate surface area is 103 Å². The van der Waals surface area contributed by atoms with E-state index in [0.29, 0.717) is 5.56 Å². The van der Waals surface area contributed by atoms with Gasteiger partial charge in [-0.25, -0.2) is 14.8 Å². The molecule has 0 aliphatic carbocycles. The number of nitrogens with two attached hydrogens (primary N) is 1. The van der Waals surface area contributed by atoms with Crippen LogP contribution in [0, 0.1) is 19.7 Å². The summed E-state index contributed by atoms with van der Waals surface area (Å²) in [4.78, 5) is 9.15. The number of aromatic nitrogens is 2. The van der Waals surface area contributed by atoms with Gasteiger partial charge < -0.3 is 0 Å². The molecule has 0 saturated heterocycles. The molecule has 3 N–H and O–H groups in total. The van der Waals surface area contributed by atoms with Crippen LogP contribution >= 0.6 is 11.3 Å². The molecule has 17 heavy (non-hydrogen) atoms. The Morgan fingerprint density at radius 2 is 2.18 bits per heavy atom. The Balaban J connectivity index is 2.43. The molecule has 0 spiro atoms. The van der Waals surface area contributed by atoms with E-state index in [0.717, 1.165) is 15.6 Å². The molecule has 2 aromatic heterocycles. The van der Waals surface area contributed by atoms with Gasteiger partial charge >= 0.3 is 0 Å². The fourth-order valence-electron chi connectivity index (χ4n) is 1.72. The molecule has 1 unspecified atom stereocenters. The van der Waals surface area contributed by atoms with Gasteiger partial charge in [-0.2, -0.15) is 0 Å². The van der Waals surface area contributed by atoms with E-state index in [-0.39, 0.29) is 11.9 Å². The molecular weight excluding hydrogens is 239 g/mol. The maximum Gasteiger partial charge on any atom is 0.141 e. The summed E-state index contributed by atoms with van der Waals surface area (Å²) in [5.41, 5.74) is 4.28. The van der Waals surface area contributed by atoms with Crippen molar-refractivity contribution in [3.63, 3.8) is 0 Å². The maximum atomic E-state index is 13.1. The van der Waals surface area contributed by atoms with Crippen LogP contribution in [0.5, 0.6) is 0 Å². The SMILES string of the molecule is Cc1nc(C)c(C(NN)c2cncc(F)c2)s1. The highest BCUT2D eigenvalue weighted by Gasteiger charge is 2.18. The van der Waals surface area contributed by atoms with Crippen LogP contribution in [-0.4, -0.2) is 9.97 Å². The van der Waals surface area contributed by atoms with E-state index in [1.165, 1.54) is 12.3 Å². The van der Waals surface area contributed by atoms with Crippen molar-refractivity contribution in [1.82, 2.24) is 15.4 Å². The van der Waals surface area contributed by atoms with Gasteiger partial charge in [-0.15, -0.1) is 11.3 Å².